The Hall–Kier alpha value is -3.04. The monoisotopic (exact) mass is 460 g/mol. The third-order valence-electron chi connectivity index (χ3n) is 5.16. The lowest BCUT2D eigenvalue weighted by Gasteiger charge is -2.34. The van der Waals surface area contributed by atoms with E-state index in [1.165, 1.54) is 39.5 Å². The van der Waals surface area contributed by atoms with Gasteiger partial charge in [-0.2, -0.15) is 4.31 Å². The average Bonchev–Trinajstić information content (AvgIpc) is 2.77. The van der Waals surface area contributed by atoms with E-state index in [1.54, 1.807) is 19.1 Å². The fourth-order valence-corrected chi connectivity index (χ4v) is 5.04. The number of hydrogen-bond donors (Lipinski definition) is 0. The first kappa shape index (κ1) is 23.6. The molecule has 1 heterocycles. The number of carbonyl (C=O) groups excluding carboxylic acids is 2. The van der Waals surface area contributed by atoms with E-state index < -0.39 is 28.5 Å². The van der Waals surface area contributed by atoms with E-state index in [0.29, 0.717) is 11.1 Å². The quantitative estimate of drug-likeness (QED) is 0.489. The number of ether oxygens (including phenoxy) is 1. The molecule has 0 saturated carbocycles. The summed E-state index contributed by atoms with van der Waals surface area (Å²) in [5, 5.41) is 0. The maximum Gasteiger partial charge on any atom is 0.331 e. The molecule has 1 saturated heterocycles. The number of piperazine rings is 1. The fourth-order valence-electron chi connectivity index (χ4n) is 3.42. The normalized spacial score (nSPS) is 15.2. The standard InChI is InChI=1S/C23H25FN2O5S/c1-17-3-9-21(18(2)15-17)32(29,30)26-13-11-25(12-14-26)22(27)16-31-23(28)10-6-19-4-7-20(24)8-5-19/h3-10,15H,11-14,16H2,1-2H3/b10-6+. The third kappa shape index (κ3) is 5.80. The van der Waals surface area contributed by atoms with Crippen LogP contribution < -0.4 is 0 Å². The van der Waals surface area contributed by atoms with Gasteiger partial charge in [0.25, 0.3) is 5.91 Å². The summed E-state index contributed by atoms with van der Waals surface area (Å²) in [5.74, 6) is -1.46. The molecule has 170 valence electrons. The summed E-state index contributed by atoms with van der Waals surface area (Å²) >= 11 is 0. The van der Waals surface area contributed by atoms with E-state index in [9.17, 15) is 22.4 Å². The van der Waals surface area contributed by atoms with Crippen molar-refractivity contribution in [1.82, 2.24) is 9.21 Å². The lowest BCUT2D eigenvalue weighted by molar-refractivity contribution is -0.148. The van der Waals surface area contributed by atoms with Gasteiger partial charge in [0.2, 0.25) is 10.0 Å². The average molecular weight is 461 g/mol. The van der Waals surface area contributed by atoms with Crippen LogP contribution in [0.15, 0.2) is 53.4 Å². The van der Waals surface area contributed by atoms with Crippen molar-refractivity contribution in [3.63, 3.8) is 0 Å². The molecule has 0 atom stereocenters. The molecule has 0 aliphatic carbocycles. The topological polar surface area (TPSA) is 84.0 Å². The van der Waals surface area contributed by atoms with E-state index in [1.807, 2.05) is 13.0 Å². The largest absolute Gasteiger partial charge is 0.452 e. The highest BCUT2D eigenvalue weighted by atomic mass is 32.2. The van der Waals surface area contributed by atoms with Crippen molar-refractivity contribution in [2.24, 2.45) is 0 Å². The molecule has 0 unspecified atom stereocenters. The van der Waals surface area contributed by atoms with Gasteiger partial charge in [0.15, 0.2) is 6.61 Å². The Morgan fingerprint density at radius 3 is 2.31 bits per heavy atom. The summed E-state index contributed by atoms with van der Waals surface area (Å²) in [6.45, 7) is 3.99. The zero-order valence-corrected chi connectivity index (χ0v) is 18.8. The van der Waals surface area contributed by atoms with Gasteiger partial charge in [-0.05, 0) is 49.2 Å². The molecule has 1 fully saturated rings. The molecule has 0 aromatic heterocycles. The molecular weight excluding hydrogens is 435 g/mol. The maximum absolute atomic E-state index is 12.9. The smallest absolute Gasteiger partial charge is 0.331 e. The maximum atomic E-state index is 12.9. The first-order valence-corrected chi connectivity index (χ1v) is 11.6. The lowest BCUT2D eigenvalue weighted by Crippen LogP contribution is -2.51. The van der Waals surface area contributed by atoms with Crippen molar-refractivity contribution < 1.29 is 27.1 Å². The predicted molar refractivity (Wildman–Crippen MR) is 118 cm³/mol. The van der Waals surface area contributed by atoms with E-state index in [-0.39, 0.29) is 36.9 Å². The molecule has 9 heteroatoms. The molecule has 1 amide bonds. The highest BCUT2D eigenvalue weighted by Gasteiger charge is 2.31. The Labute approximate surface area is 187 Å². The number of nitrogens with zero attached hydrogens (tertiary/aromatic N) is 2. The highest BCUT2D eigenvalue weighted by Crippen LogP contribution is 2.22. The molecule has 2 aromatic carbocycles. The molecule has 3 rings (SSSR count). The molecule has 1 aliphatic rings. The fraction of sp³-hybridized carbons (Fsp3) is 0.304. The number of hydrogen-bond acceptors (Lipinski definition) is 5. The number of rotatable bonds is 6. The highest BCUT2D eigenvalue weighted by molar-refractivity contribution is 7.89. The zero-order chi connectivity index (χ0) is 23.3. The van der Waals surface area contributed by atoms with Crippen LogP contribution in [0, 0.1) is 19.7 Å². The molecular formula is C23H25FN2O5S. The summed E-state index contributed by atoms with van der Waals surface area (Å²) < 4.78 is 45.1. The van der Waals surface area contributed by atoms with Crippen LogP contribution in [-0.4, -0.2) is 62.3 Å². The predicted octanol–water partition coefficient (Wildman–Crippen LogP) is 2.53. The van der Waals surface area contributed by atoms with E-state index in [0.717, 1.165) is 11.6 Å². The van der Waals surface area contributed by atoms with Gasteiger partial charge in [-0.1, -0.05) is 29.8 Å². The molecule has 0 spiro atoms. The van der Waals surface area contributed by atoms with Gasteiger partial charge < -0.3 is 9.64 Å². The summed E-state index contributed by atoms with van der Waals surface area (Å²) in [6, 6.07) is 10.8. The SMILES string of the molecule is Cc1ccc(S(=O)(=O)N2CCN(C(=O)COC(=O)/C=C/c3ccc(F)cc3)CC2)c(C)c1. The Bertz CT molecular complexity index is 1120. The van der Waals surface area contributed by atoms with Crippen LogP contribution >= 0.6 is 0 Å². The first-order chi connectivity index (χ1) is 15.2. The zero-order valence-electron chi connectivity index (χ0n) is 18.0. The Morgan fingerprint density at radius 2 is 1.69 bits per heavy atom. The first-order valence-electron chi connectivity index (χ1n) is 10.1. The van der Waals surface area contributed by atoms with Crippen molar-refractivity contribution >= 4 is 28.0 Å². The minimum atomic E-state index is -3.64. The van der Waals surface area contributed by atoms with Crippen LogP contribution in [0.5, 0.6) is 0 Å². The number of benzene rings is 2. The minimum absolute atomic E-state index is 0.166. The van der Waals surface area contributed by atoms with Crippen molar-refractivity contribution in [2.75, 3.05) is 32.8 Å². The number of esters is 1. The van der Waals surface area contributed by atoms with Crippen LogP contribution in [0.2, 0.25) is 0 Å². The Morgan fingerprint density at radius 1 is 1.03 bits per heavy atom. The third-order valence-corrected chi connectivity index (χ3v) is 7.22. The molecule has 2 aromatic rings. The van der Waals surface area contributed by atoms with E-state index in [2.05, 4.69) is 0 Å². The number of halogens is 1. The van der Waals surface area contributed by atoms with Crippen molar-refractivity contribution in [1.29, 1.82) is 0 Å². The van der Waals surface area contributed by atoms with Crippen LogP contribution in [0.4, 0.5) is 4.39 Å². The molecule has 0 bridgehead atoms. The lowest BCUT2D eigenvalue weighted by atomic mass is 10.2. The van der Waals surface area contributed by atoms with E-state index in [4.69, 9.17) is 4.74 Å². The van der Waals surface area contributed by atoms with Crippen molar-refractivity contribution in [2.45, 2.75) is 18.7 Å². The van der Waals surface area contributed by atoms with Crippen LogP contribution in [-0.2, 0) is 24.3 Å². The second kappa shape index (κ2) is 10.1. The number of aryl methyl sites for hydroxylation is 2. The second-order valence-electron chi connectivity index (χ2n) is 7.55. The van der Waals surface area contributed by atoms with Crippen molar-refractivity contribution in [3.8, 4) is 0 Å². The van der Waals surface area contributed by atoms with Gasteiger partial charge in [-0.15, -0.1) is 0 Å². The summed E-state index contributed by atoms with van der Waals surface area (Å²) in [5.41, 5.74) is 2.29. The van der Waals surface area contributed by atoms with Gasteiger partial charge in [-0.3, -0.25) is 4.79 Å². The van der Waals surface area contributed by atoms with Crippen LogP contribution in [0.3, 0.4) is 0 Å². The summed E-state index contributed by atoms with van der Waals surface area (Å²) in [7, 11) is -3.64. The van der Waals surface area contributed by atoms with E-state index >= 15 is 0 Å². The number of carbonyl (C=O) groups is 2. The molecule has 0 N–H and O–H groups in total. The van der Waals surface area contributed by atoms with Gasteiger partial charge in [0.1, 0.15) is 5.82 Å². The van der Waals surface area contributed by atoms with Crippen LogP contribution in [0.1, 0.15) is 16.7 Å². The summed E-state index contributed by atoms with van der Waals surface area (Å²) in [6.07, 6.45) is 2.62. The van der Waals surface area contributed by atoms with Gasteiger partial charge in [0.05, 0.1) is 4.90 Å². The van der Waals surface area contributed by atoms with Gasteiger partial charge in [-0.25, -0.2) is 17.6 Å². The summed E-state index contributed by atoms with van der Waals surface area (Å²) in [4.78, 5) is 25.9. The molecule has 32 heavy (non-hydrogen) atoms. The van der Waals surface area contributed by atoms with Crippen molar-refractivity contribution in [3.05, 3.63) is 71.0 Å². The Kier molecular flexibility index (Phi) is 7.42. The van der Waals surface area contributed by atoms with Gasteiger partial charge >= 0.3 is 5.97 Å². The number of sulfonamides is 1. The number of amides is 1. The van der Waals surface area contributed by atoms with Gasteiger partial charge in [0, 0.05) is 32.3 Å². The second-order valence-corrected chi connectivity index (χ2v) is 9.45. The minimum Gasteiger partial charge on any atom is -0.452 e. The Balaban J connectivity index is 1.49. The molecule has 7 nitrogen and oxygen atoms in total. The molecule has 0 radical (unpaired) electrons. The van der Waals surface area contributed by atoms with Crippen LogP contribution in [0.25, 0.3) is 6.08 Å². The molecule has 1 aliphatic heterocycles.